The Hall–Kier alpha value is -1.13. The molecule has 1 aromatic rings. The van der Waals surface area contributed by atoms with Crippen LogP contribution in [0, 0.1) is 0 Å². The molecule has 0 spiro atoms. The molecule has 0 atom stereocenters. The molecule has 5 heteroatoms. The third-order valence-corrected chi connectivity index (χ3v) is 1.73. The maximum absolute atomic E-state index is 12.1. The van der Waals surface area contributed by atoms with Crippen LogP contribution in [0.25, 0.3) is 0 Å². The second-order valence-electron chi connectivity index (χ2n) is 3.22. The molecule has 0 aliphatic heterocycles. The van der Waals surface area contributed by atoms with Gasteiger partial charge >= 0.3 is 0 Å². The molecule has 1 rings (SSSR count). The largest absolute Gasteiger partial charge is 0.382 e. The van der Waals surface area contributed by atoms with Gasteiger partial charge in [0.25, 0.3) is 6.43 Å². The van der Waals surface area contributed by atoms with E-state index in [1.54, 1.807) is 6.07 Å². The van der Waals surface area contributed by atoms with Crippen LogP contribution >= 0.6 is 0 Å². The lowest BCUT2D eigenvalue weighted by atomic mass is 10.1. The average molecular weight is 189 g/mol. The van der Waals surface area contributed by atoms with Crippen molar-refractivity contribution in [1.82, 2.24) is 9.78 Å². The highest BCUT2D eigenvalue weighted by Gasteiger charge is 2.13. The Morgan fingerprint density at radius 3 is 2.62 bits per heavy atom. The minimum Gasteiger partial charge on any atom is -0.382 e. The van der Waals surface area contributed by atoms with Gasteiger partial charge in [0, 0.05) is 11.8 Å². The van der Waals surface area contributed by atoms with Crippen LogP contribution in [0.1, 0.15) is 25.5 Å². The van der Waals surface area contributed by atoms with Crippen LogP contribution in [0.15, 0.2) is 6.07 Å². The van der Waals surface area contributed by atoms with Crippen molar-refractivity contribution in [2.24, 2.45) is 0 Å². The summed E-state index contributed by atoms with van der Waals surface area (Å²) in [5, 5.41) is 3.79. The zero-order valence-electron chi connectivity index (χ0n) is 7.67. The second-order valence-corrected chi connectivity index (χ2v) is 3.22. The van der Waals surface area contributed by atoms with Crippen molar-refractivity contribution < 1.29 is 8.78 Å². The van der Waals surface area contributed by atoms with E-state index in [1.165, 1.54) is 4.68 Å². The summed E-state index contributed by atoms with van der Waals surface area (Å²) in [5.74, 6) is 0.452. The molecule has 13 heavy (non-hydrogen) atoms. The Morgan fingerprint density at radius 1 is 1.54 bits per heavy atom. The molecule has 74 valence electrons. The zero-order valence-corrected chi connectivity index (χ0v) is 7.67. The minimum atomic E-state index is -2.39. The molecule has 0 fully saturated rings. The summed E-state index contributed by atoms with van der Waals surface area (Å²) >= 11 is 0. The van der Waals surface area contributed by atoms with Gasteiger partial charge in [-0.15, -0.1) is 0 Å². The molecule has 1 aromatic heterocycles. The minimum absolute atomic E-state index is 0.156. The molecule has 3 nitrogen and oxygen atoms in total. The molecule has 0 bridgehead atoms. The van der Waals surface area contributed by atoms with Crippen LogP contribution in [0.3, 0.4) is 0 Å². The number of nitrogen functional groups attached to an aromatic ring is 1. The summed E-state index contributed by atoms with van der Waals surface area (Å²) < 4.78 is 25.4. The van der Waals surface area contributed by atoms with Crippen molar-refractivity contribution in [3.05, 3.63) is 11.8 Å². The second kappa shape index (κ2) is 3.72. The molecule has 0 saturated carbocycles. The standard InChI is InChI=1S/C8H13F2N3/c1-5(2)6-3-8(11)12-13(6)4-7(9)10/h3,5,7H,4H2,1-2H3,(H2,11,12). The van der Waals surface area contributed by atoms with Gasteiger partial charge in [-0.2, -0.15) is 5.10 Å². The number of alkyl halides is 2. The number of hydrogen-bond donors (Lipinski definition) is 1. The highest BCUT2D eigenvalue weighted by atomic mass is 19.3. The van der Waals surface area contributed by atoms with Gasteiger partial charge in [0.15, 0.2) is 0 Å². The quantitative estimate of drug-likeness (QED) is 0.788. The van der Waals surface area contributed by atoms with Gasteiger partial charge in [0.05, 0.1) is 0 Å². The first-order valence-corrected chi connectivity index (χ1v) is 4.12. The van der Waals surface area contributed by atoms with E-state index in [0.29, 0.717) is 5.82 Å². The van der Waals surface area contributed by atoms with Crippen molar-refractivity contribution in [3.63, 3.8) is 0 Å². The molecule has 0 unspecified atom stereocenters. The molecule has 1 heterocycles. The number of anilines is 1. The predicted molar refractivity (Wildman–Crippen MR) is 46.7 cm³/mol. The van der Waals surface area contributed by atoms with E-state index in [0.717, 1.165) is 5.69 Å². The van der Waals surface area contributed by atoms with Crippen molar-refractivity contribution in [3.8, 4) is 0 Å². The molecule has 0 aliphatic carbocycles. The maximum atomic E-state index is 12.1. The molecule has 2 N–H and O–H groups in total. The number of nitrogens with zero attached hydrogens (tertiary/aromatic N) is 2. The fourth-order valence-electron chi connectivity index (χ4n) is 1.19. The smallest absolute Gasteiger partial charge is 0.257 e. The Labute approximate surface area is 75.5 Å². The van der Waals surface area contributed by atoms with Gasteiger partial charge < -0.3 is 5.73 Å². The van der Waals surface area contributed by atoms with Gasteiger partial charge in [-0.1, -0.05) is 13.8 Å². The topological polar surface area (TPSA) is 43.8 Å². The first kappa shape index (κ1) is 9.95. The van der Waals surface area contributed by atoms with Gasteiger partial charge in [-0.05, 0) is 5.92 Å². The van der Waals surface area contributed by atoms with E-state index in [2.05, 4.69) is 5.10 Å². The average Bonchev–Trinajstić information content (AvgIpc) is 2.29. The third kappa shape index (κ3) is 2.40. The van der Waals surface area contributed by atoms with E-state index >= 15 is 0 Å². The SMILES string of the molecule is CC(C)c1cc(N)nn1CC(F)F. The summed E-state index contributed by atoms with van der Waals surface area (Å²) in [7, 11) is 0. The van der Waals surface area contributed by atoms with Gasteiger partial charge in [0.1, 0.15) is 12.4 Å². The van der Waals surface area contributed by atoms with Gasteiger partial charge in [0.2, 0.25) is 0 Å². The van der Waals surface area contributed by atoms with Gasteiger partial charge in [-0.3, -0.25) is 4.68 Å². The van der Waals surface area contributed by atoms with Crippen molar-refractivity contribution in [1.29, 1.82) is 0 Å². The Morgan fingerprint density at radius 2 is 2.15 bits per heavy atom. The van der Waals surface area contributed by atoms with Crippen LogP contribution in [0.2, 0.25) is 0 Å². The lowest BCUT2D eigenvalue weighted by Crippen LogP contribution is -2.12. The van der Waals surface area contributed by atoms with Crippen LogP contribution < -0.4 is 5.73 Å². The molecular weight excluding hydrogens is 176 g/mol. The molecular formula is C8H13F2N3. The predicted octanol–water partition coefficient (Wildman–Crippen LogP) is 1.85. The van der Waals surface area contributed by atoms with Crippen LogP contribution in [-0.2, 0) is 6.54 Å². The van der Waals surface area contributed by atoms with Crippen LogP contribution in [0.4, 0.5) is 14.6 Å². The molecule has 0 aliphatic rings. The molecule has 0 aromatic carbocycles. The number of hydrogen-bond acceptors (Lipinski definition) is 2. The normalized spacial score (nSPS) is 11.5. The number of aromatic nitrogens is 2. The van der Waals surface area contributed by atoms with Gasteiger partial charge in [-0.25, -0.2) is 8.78 Å². The van der Waals surface area contributed by atoms with Crippen LogP contribution in [-0.4, -0.2) is 16.2 Å². The van der Waals surface area contributed by atoms with E-state index in [-0.39, 0.29) is 12.5 Å². The Kier molecular flexibility index (Phi) is 2.85. The first-order chi connectivity index (χ1) is 6.00. The maximum Gasteiger partial charge on any atom is 0.257 e. The highest BCUT2D eigenvalue weighted by Crippen LogP contribution is 2.17. The highest BCUT2D eigenvalue weighted by molar-refractivity contribution is 5.30. The monoisotopic (exact) mass is 189 g/mol. The van der Waals surface area contributed by atoms with Crippen molar-refractivity contribution in [2.45, 2.75) is 32.7 Å². The van der Waals surface area contributed by atoms with E-state index < -0.39 is 6.43 Å². The summed E-state index contributed by atoms with van der Waals surface area (Å²) in [5.41, 5.74) is 6.16. The fraction of sp³-hybridized carbons (Fsp3) is 0.625. The summed E-state index contributed by atoms with van der Waals surface area (Å²) in [6.45, 7) is 3.45. The molecule has 0 amide bonds. The lowest BCUT2D eigenvalue weighted by Gasteiger charge is -2.08. The van der Waals surface area contributed by atoms with Crippen molar-refractivity contribution >= 4 is 5.82 Å². The van der Waals surface area contributed by atoms with Crippen LogP contribution in [0.5, 0.6) is 0 Å². The Balaban J connectivity index is 2.91. The van der Waals surface area contributed by atoms with E-state index in [4.69, 9.17) is 5.73 Å². The summed E-state index contributed by atoms with van der Waals surface area (Å²) in [4.78, 5) is 0. The Bertz CT molecular complexity index is 281. The third-order valence-electron chi connectivity index (χ3n) is 1.73. The number of nitrogens with two attached hydrogens (primary N) is 1. The molecule has 0 radical (unpaired) electrons. The number of rotatable bonds is 3. The van der Waals surface area contributed by atoms with Crippen molar-refractivity contribution in [2.75, 3.05) is 5.73 Å². The summed E-state index contributed by atoms with van der Waals surface area (Å²) in [6.07, 6.45) is -2.39. The van der Waals surface area contributed by atoms with E-state index in [1.807, 2.05) is 13.8 Å². The van der Waals surface area contributed by atoms with E-state index in [9.17, 15) is 8.78 Å². The zero-order chi connectivity index (χ0) is 10.0. The summed E-state index contributed by atoms with van der Waals surface area (Å²) in [6, 6.07) is 1.63. The molecule has 0 saturated heterocycles. The fourth-order valence-corrected chi connectivity index (χ4v) is 1.19. The number of halogens is 2. The lowest BCUT2D eigenvalue weighted by molar-refractivity contribution is 0.120. The first-order valence-electron chi connectivity index (χ1n) is 4.12.